The van der Waals surface area contributed by atoms with Crippen LogP contribution in [0.15, 0.2) is 0 Å². The molecular weight excluding hydrogens is 404 g/mol. The Hall–Kier alpha value is -0.770. The third-order valence-electron chi connectivity index (χ3n) is 6.14. The number of fused-ring (bicyclic) bond motifs is 2. The van der Waals surface area contributed by atoms with Crippen molar-refractivity contribution in [3.8, 4) is 0 Å². The predicted octanol–water partition coefficient (Wildman–Crippen LogP) is 2.65. The Morgan fingerprint density at radius 1 is 0.742 bits per heavy atom. The van der Waals surface area contributed by atoms with Crippen LogP contribution >= 0.6 is 0 Å². The first-order valence-corrected chi connectivity index (χ1v) is 12.1. The Morgan fingerprint density at radius 2 is 1.23 bits per heavy atom. The summed E-state index contributed by atoms with van der Waals surface area (Å²) in [5.74, 6) is -0.368. The van der Waals surface area contributed by atoms with Crippen LogP contribution in [-0.4, -0.2) is 89.3 Å². The summed E-state index contributed by atoms with van der Waals surface area (Å²) in [4.78, 5) is 11.8. The Balaban J connectivity index is 1.60. The Morgan fingerprint density at radius 3 is 1.71 bits per heavy atom. The molecule has 0 aromatic heterocycles. The van der Waals surface area contributed by atoms with Gasteiger partial charge in [0.15, 0.2) is 0 Å². The molecule has 1 saturated heterocycles. The minimum absolute atomic E-state index is 0.0288. The zero-order chi connectivity index (χ0) is 21.7. The van der Waals surface area contributed by atoms with E-state index in [1.165, 1.54) is 0 Å². The zero-order valence-electron chi connectivity index (χ0n) is 19.0. The molecule has 3 rings (SSSR count). The average molecular weight is 445 g/mol. The molecule has 31 heavy (non-hydrogen) atoms. The lowest BCUT2D eigenvalue weighted by Crippen LogP contribution is -2.41. The van der Waals surface area contributed by atoms with Gasteiger partial charge in [0.25, 0.3) is 0 Å². The van der Waals surface area contributed by atoms with Crippen molar-refractivity contribution in [3.05, 3.63) is 0 Å². The first-order valence-electron chi connectivity index (χ1n) is 12.1. The standard InChI is InChI=1S/C23H40O8/c1-2-26-23(24)17-29-18-15-30-21-9-5-3-7-19(21)27-13-11-25-12-14-28-20-8-4-6-10-22(20)31-16-18/h18-22H,2-17H2,1H3. The lowest BCUT2D eigenvalue weighted by molar-refractivity contribution is -0.168. The molecule has 180 valence electrons. The quantitative estimate of drug-likeness (QED) is 0.612. The zero-order valence-corrected chi connectivity index (χ0v) is 19.0. The fourth-order valence-electron chi connectivity index (χ4n) is 4.50. The lowest BCUT2D eigenvalue weighted by atomic mass is 9.94. The lowest BCUT2D eigenvalue weighted by Gasteiger charge is -2.34. The predicted molar refractivity (Wildman–Crippen MR) is 113 cm³/mol. The smallest absolute Gasteiger partial charge is 0.332 e. The Bertz CT molecular complexity index is 470. The SMILES string of the molecule is CCOC(=O)COC1COC2CCCCC2OCCOCCOC2CCCCC2OC1. The van der Waals surface area contributed by atoms with Gasteiger partial charge in [0.1, 0.15) is 12.7 Å². The summed E-state index contributed by atoms with van der Waals surface area (Å²) in [6.45, 7) is 4.98. The molecule has 8 heteroatoms. The summed E-state index contributed by atoms with van der Waals surface area (Å²) in [5.41, 5.74) is 0. The van der Waals surface area contributed by atoms with E-state index in [9.17, 15) is 4.79 Å². The number of esters is 1. The molecule has 8 nitrogen and oxygen atoms in total. The summed E-state index contributed by atoms with van der Waals surface area (Å²) < 4.78 is 41.1. The van der Waals surface area contributed by atoms with Crippen molar-refractivity contribution in [1.82, 2.24) is 0 Å². The molecule has 1 heterocycles. The molecule has 4 atom stereocenters. The van der Waals surface area contributed by atoms with E-state index in [-0.39, 0.29) is 43.1 Å². The number of carbonyl (C=O) groups excluding carboxylic acids is 1. The van der Waals surface area contributed by atoms with Crippen molar-refractivity contribution in [2.45, 2.75) is 88.8 Å². The van der Waals surface area contributed by atoms with Crippen molar-refractivity contribution >= 4 is 5.97 Å². The number of rotatable bonds is 4. The number of hydrogen-bond acceptors (Lipinski definition) is 8. The van der Waals surface area contributed by atoms with Gasteiger partial charge in [-0.2, -0.15) is 0 Å². The second-order valence-corrected chi connectivity index (χ2v) is 8.48. The van der Waals surface area contributed by atoms with Gasteiger partial charge in [0, 0.05) is 0 Å². The molecule has 2 saturated carbocycles. The molecule has 3 fully saturated rings. The molecule has 1 aliphatic heterocycles. The third-order valence-corrected chi connectivity index (χ3v) is 6.14. The highest BCUT2D eigenvalue weighted by Gasteiger charge is 2.30. The monoisotopic (exact) mass is 444 g/mol. The van der Waals surface area contributed by atoms with Crippen LogP contribution in [-0.2, 0) is 38.0 Å². The molecule has 0 N–H and O–H groups in total. The van der Waals surface area contributed by atoms with E-state index in [0.717, 1.165) is 51.4 Å². The topological polar surface area (TPSA) is 81.7 Å². The van der Waals surface area contributed by atoms with Crippen molar-refractivity contribution in [3.63, 3.8) is 0 Å². The van der Waals surface area contributed by atoms with Crippen LogP contribution in [0.3, 0.4) is 0 Å². The maximum absolute atomic E-state index is 11.8. The average Bonchev–Trinajstić information content (AvgIpc) is 2.79. The fraction of sp³-hybridized carbons (Fsp3) is 0.957. The van der Waals surface area contributed by atoms with E-state index >= 15 is 0 Å². The molecule has 0 radical (unpaired) electrons. The number of carbonyl (C=O) groups is 1. The minimum atomic E-state index is -0.368. The van der Waals surface area contributed by atoms with Crippen LogP contribution in [0.1, 0.15) is 58.3 Å². The van der Waals surface area contributed by atoms with E-state index in [4.69, 9.17) is 33.2 Å². The number of hydrogen-bond donors (Lipinski definition) is 0. The summed E-state index contributed by atoms with van der Waals surface area (Å²) in [6, 6.07) is 0. The molecule has 0 amide bonds. The van der Waals surface area contributed by atoms with Crippen LogP contribution in [0, 0.1) is 0 Å². The van der Waals surface area contributed by atoms with Gasteiger partial charge in [0.2, 0.25) is 0 Å². The summed E-state index contributed by atoms with van der Waals surface area (Å²) in [5, 5.41) is 0. The highest BCUT2D eigenvalue weighted by Crippen LogP contribution is 2.26. The van der Waals surface area contributed by atoms with E-state index < -0.39 is 0 Å². The van der Waals surface area contributed by atoms with Crippen LogP contribution in [0.25, 0.3) is 0 Å². The molecule has 0 bridgehead atoms. The summed E-state index contributed by atoms with van der Waals surface area (Å²) >= 11 is 0. The summed E-state index contributed by atoms with van der Waals surface area (Å²) in [6.07, 6.45) is 8.32. The van der Waals surface area contributed by atoms with E-state index in [1.807, 2.05) is 0 Å². The van der Waals surface area contributed by atoms with Crippen molar-refractivity contribution in [2.24, 2.45) is 0 Å². The van der Waals surface area contributed by atoms with Gasteiger partial charge < -0.3 is 33.2 Å². The molecule has 0 aromatic carbocycles. The molecule has 0 aromatic rings. The van der Waals surface area contributed by atoms with Crippen LogP contribution in [0.2, 0.25) is 0 Å². The van der Waals surface area contributed by atoms with E-state index in [0.29, 0.717) is 46.2 Å². The first kappa shape index (κ1) is 24.9. The maximum atomic E-state index is 11.8. The molecular formula is C23H40O8. The highest BCUT2D eigenvalue weighted by molar-refractivity contribution is 5.70. The normalized spacial score (nSPS) is 34.3. The van der Waals surface area contributed by atoms with Gasteiger partial charge in [-0.3, -0.25) is 0 Å². The molecule has 2 aliphatic carbocycles. The maximum Gasteiger partial charge on any atom is 0.332 e. The van der Waals surface area contributed by atoms with Crippen LogP contribution in [0.5, 0.6) is 0 Å². The molecule has 4 unspecified atom stereocenters. The van der Waals surface area contributed by atoms with Gasteiger partial charge in [-0.15, -0.1) is 0 Å². The van der Waals surface area contributed by atoms with Crippen molar-refractivity contribution < 1.29 is 38.0 Å². The highest BCUT2D eigenvalue weighted by atomic mass is 16.6. The van der Waals surface area contributed by atoms with Crippen LogP contribution in [0.4, 0.5) is 0 Å². The van der Waals surface area contributed by atoms with Gasteiger partial charge in [0.05, 0.1) is 70.7 Å². The molecule has 3 aliphatic rings. The van der Waals surface area contributed by atoms with Crippen LogP contribution < -0.4 is 0 Å². The number of ether oxygens (including phenoxy) is 7. The van der Waals surface area contributed by atoms with Gasteiger partial charge in [-0.25, -0.2) is 4.79 Å². The largest absolute Gasteiger partial charge is 0.464 e. The molecule has 0 spiro atoms. The Labute approximate surface area is 186 Å². The first-order chi connectivity index (χ1) is 15.3. The Kier molecular flexibility index (Phi) is 11.5. The van der Waals surface area contributed by atoms with E-state index in [1.54, 1.807) is 6.92 Å². The van der Waals surface area contributed by atoms with E-state index in [2.05, 4.69) is 0 Å². The van der Waals surface area contributed by atoms with Gasteiger partial charge in [-0.1, -0.05) is 25.7 Å². The minimum Gasteiger partial charge on any atom is -0.464 e. The fourth-order valence-corrected chi connectivity index (χ4v) is 4.50. The second-order valence-electron chi connectivity index (χ2n) is 8.48. The summed E-state index contributed by atoms with van der Waals surface area (Å²) in [7, 11) is 0. The third kappa shape index (κ3) is 8.94. The van der Waals surface area contributed by atoms with Gasteiger partial charge >= 0.3 is 5.97 Å². The van der Waals surface area contributed by atoms with Crippen molar-refractivity contribution in [1.29, 1.82) is 0 Å². The van der Waals surface area contributed by atoms with Gasteiger partial charge in [-0.05, 0) is 32.6 Å². The van der Waals surface area contributed by atoms with Crippen molar-refractivity contribution in [2.75, 3.05) is 52.9 Å². The second kappa shape index (κ2) is 14.4.